The molecule has 0 bridgehead atoms. The Balaban J connectivity index is 1.88. The van der Waals surface area contributed by atoms with Gasteiger partial charge in [0, 0.05) is 17.6 Å². The largest absolute Gasteiger partial charge is 0.352 e. The van der Waals surface area contributed by atoms with E-state index in [9.17, 15) is 18.0 Å². The number of nitrogens with one attached hydrogen (secondary N) is 1. The average Bonchev–Trinajstić information content (AvgIpc) is 2.87. The lowest BCUT2D eigenvalue weighted by Crippen LogP contribution is -2.54. The van der Waals surface area contributed by atoms with Gasteiger partial charge in [0.25, 0.3) is 0 Å². The van der Waals surface area contributed by atoms with Crippen LogP contribution in [0.2, 0.25) is 10.0 Å². The van der Waals surface area contributed by atoms with E-state index in [1.54, 1.807) is 6.07 Å². The number of sulfonamides is 1. The van der Waals surface area contributed by atoms with Crippen LogP contribution in [0.15, 0.2) is 48.5 Å². The fourth-order valence-electron chi connectivity index (χ4n) is 4.71. The van der Waals surface area contributed by atoms with Gasteiger partial charge in [0.15, 0.2) is 0 Å². The highest BCUT2D eigenvalue weighted by molar-refractivity contribution is 7.92. The second-order valence-corrected chi connectivity index (χ2v) is 12.2. The van der Waals surface area contributed by atoms with E-state index in [1.165, 1.54) is 23.5 Å². The summed E-state index contributed by atoms with van der Waals surface area (Å²) in [6.45, 7) is 1.62. The van der Waals surface area contributed by atoms with Gasteiger partial charge in [-0.05, 0) is 49.4 Å². The van der Waals surface area contributed by atoms with E-state index in [-0.39, 0.29) is 29.2 Å². The van der Waals surface area contributed by atoms with Crippen LogP contribution < -0.4 is 9.62 Å². The Labute approximate surface area is 230 Å². The van der Waals surface area contributed by atoms with Crippen LogP contribution >= 0.6 is 23.2 Å². The van der Waals surface area contributed by atoms with Crippen LogP contribution in [0.1, 0.15) is 51.0 Å². The zero-order chi connectivity index (χ0) is 27.0. The molecule has 3 rings (SSSR count). The predicted molar refractivity (Wildman–Crippen MR) is 150 cm³/mol. The van der Waals surface area contributed by atoms with Crippen LogP contribution in [0.25, 0.3) is 0 Å². The van der Waals surface area contributed by atoms with E-state index >= 15 is 0 Å². The summed E-state index contributed by atoms with van der Waals surface area (Å²) in [5, 5.41) is 3.58. The number of halogens is 2. The maximum Gasteiger partial charge on any atom is 0.244 e. The van der Waals surface area contributed by atoms with E-state index < -0.39 is 28.5 Å². The second kappa shape index (κ2) is 13.5. The third-order valence-corrected chi connectivity index (χ3v) is 8.36. The molecule has 1 aliphatic rings. The van der Waals surface area contributed by atoms with Crippen LogP contribution in [0.4, 0.5) is 5.69 Å². The van der Waals surface area contributed by atoms with Crippen molar-refractivity contribution >= 4 is 50.7 Å². The summed E-state index contributed by atoms with van der Waals surface area (Å²) in [5.74, 6) is -0.689. The molecule has 0 aromatic heterocycles. The van der Waals surface area contributed by atoms with E-state index in [4.69, 9.17) is 23.2 Å². The van der Waals surface area contributed by atoms with Crippen molar-refractivity contribution in [3.63, 3.8) is 0 Å². The first kappa shape index (κ1) is 29.3. The summed E-state index contributed by atoms with van der Waals surface area (Å²) in [4.78, 5) is 28.6. The molecule has 0 heterocycles. The molecule has 0 aliphatic heterocycles. The molecular weight excluding hydrogens is 533 g/mol. The first-order valence-electron chi connectivity index (χ1n) is 12.7. The summed E-state index contributed by atoms with van der Waals surface area (Å²) < 4.78 is 26.4. The monoisotopic (exact) mass is 567 g/mol. The predicted octanol–water partition coefficient (Wildman–Crippen LogP) is 5.06. The molecule has 1 N–H and O–H groups in total. The molecule has 0 saturated heterocycles. The molecule has 2 aromatic rings. The number of amides is 2. The van der Waals surface area contributed by atoms with Crippen molar-refractivity contribution in [2.24, 2.45) is 0 Å². The average molecular weight is 569 g/mol. The molecule has 2 amide bonds. The highest BCUT2D eigenvalue weighted by Gasteiger charge is 2.33. The lowest BCUT2D eigenvalue weighted by Gasteiger charge is -2.34. The molecule has 1 fully saturated rings. The molecule has 0 radical (unpaired) electrons. The number of anilines is 1. The van der Waals surface area contributed by atoms with Crippen molar-refractivity contribution in [3.05, 3.63) is 64.1 Å². The number of hydrogen-bond donors (Lipinski definition) is 1. The van der Waals surface area contributed by atoms with Gasteiger partial charge in [0.1, 0.15) is 12.6 Å². The van der Waals surface area contributed by atoms with Crippen molar-refractivity contribution in [1.29, 1.82) is 0 Å². The summed E-state index contributed by atoms with van der Waals surface area (Å²) in [6, 6.07) is 13.5. The molecular formula is C27H35Cl2N3O4S. The van der Waals surface area contributed by atoms with Crippen molar-refractivity contribution < 1.29 is 18.0 Å². The van der Waals surface area contributed by atoms with Crippen LogP contribution in [0.3, 0.4) is 0 Å². The van der Waals surface area contributed by atoms with Gasteiger partial charge < -0.3 is 10.2 Å². The fourth-order valence-corrected chi connectivity index (χ4v) is 6.00. The minimum absolute atomic E-state index is 0.0964. The summed E-state index contributed by atoms with van der Waals surface area (Å²) in [5.41, 5.74) is 1.13. The SMILES string of the molecule is CC[C@H](C(=O)NC1CCCCC1)N(CCc1ccccc1)C(=O)CN(c1cc(Cl)ccc1Cl)S(C)(=O)=O. The topological polar surface area (TPSA) is 86.8 Å². The zero-order valence-electron chi connectivity index (χ0n) is 21.3. The normalized spacial score (nSPS) is 15.1. The number of hydrogen-bond acceptors (Lipinski definition) is 4. The Morgan fingerprint density at radius 3 is 2.35 bits per heavy atom. The van der Waals surface area contributed by atoms with Crippen LogP contribution in [0.5, 0.6) is 0 Å². The summed E-state index contributed by atoms with van der Waals surface area (Å²) >= 11 is 12.4. The molecule has 0 unspecified atom stereocenters. The molecule has 7 nitrogen and oxygen atoms in total. The second-order valence-electron chi connectivity index (χ2n) is 9.46. The molecule has 0 spiro atoms. The molecule has 2 aromatic carbocycles. The Kier molecular flexibility index (Phi) is 10.7. The van der Waals surface area contributed by atoms with Crippen LogP contribution in [0, 0.1) is 0 Å². The fraction of sp³-hybridized carbons (Fsp3) is 0.481. The Morgan fingerprint density at radius 2 is 1.73 bits per heavy atom. The van der Waals surface area contributed by atoms with Gasteiger partial charge in [-0.25, -0.2) is 8.42 Å². The summed E-state index contributed by atoms with van der Waals surface area (Å²) in [7, 11) is -3.89. The number of carbonyl (C=O) groups is 2. The zero-order valence-corrected chi connectivity index (χ0v) is 23.7. The third kappa shape index (κ3) is 8.35. The first-order valence-corrected chi connectivity index (χ1v) is 15.3. The molecule has 1 aliphatic carbocycles. The van der Waals surface area contributed by atoms with E-state index in [1.807, 2.05) is 37.3 Å². The quantitative estimate of drug-likeness (QED) is 0.411. The van der Waals surface area contributed by atoms with E-state index in [0.717, 1.165) is 41.8 Å². The van der Waals surface area contributed by atoms with Crippen LogP contribution in [-0.4, -0.2) is 56.6 Å². The Morgan fingerprint density at radius 1 is 1.05 bits per heavy atom. The Bertz CT molecular complexity index is 1170. The number of carbonyl (C=O) groups excluding carboxylic acids is 2. The van der Waals surface area contributed by atoms with Crippen molar-refractivity contribution in [1.82, 2.24) is 10.2 Å². The van der Waals surface area contributed by atoms with Gasteiger partial charge >= 0.3 is 0 Å². The highest BCUT2D eigenvalue weighted by atomic mass is 35.5. The van der Waals surface area contributed by atoms with Gasteiger partial charge in [-0.2, -0.15) is 0 Å². The molecule has 202 valence electrons. The van der Waals surface area contributed by atoms with Gasteiger partial charge in [-0.3, -0.25) is 13.9 Å². The van der Waals surface area contributed by atoms with Gasteiger partial charge in [0.2, 0.25) is 21.8 Å². The lowest BCUT2D eigenvalue weighted by atomic mass is 9.95. The maximum atomic E-state index is 13.8. The molecule has 1 atom stereocenters. The van der Waals surface area contributed by atoms with Crippen LogP contribution in [-0.2, 0) is 26.0 Å². The minimum atomic E-state index is -3.89. The third-order valence-electron chi connectivity index (χ3n) is 6.68. The smallest absolute Gasteiger partial charge is 0.244 e. The van der Waals surface area contributed by atoms with Gasteiger partial charge in [-0.15, -0.1) is 0 Å². The van der Waals surface area contributed by atoms with Gasteiger partial charge in [-0.1, -0.05) is 79.7 Å². The number of benzene rings is 2. The molecule has 10 heteroatoms. The minimum Gasteiger partial charge on any atom is -0.352 e. The summed E-state index contributed by atoms with van der Waals surface area (Å²) in [6.07, 6.45) is 7.10. The maximum absolute atomic E-state index is 13.8. The van der Waals surface area contributed by atoms with Crippen molar-refractivity contribution in [3.8, 4) is 0 Å². The van der Waals surface area contributed by atoms with E-state index in [2.05, 4.69) is 5.32 Å². The van der Waals surface area contributed by atoms with Crippen molar-refractivity contribution in [2.75, 3.05) is 23.7 Å². The number of rotatable bonds is 11. The highest BCUT2D eigenvalue weighted by Crippen LogP contribution is 2.31. The van der Waals surface area contributed by atoms with Crippen molar-refractivity contribution in [2.45, 2.75) is 64.0 Å². The molecule has 37 heavy (non-hydrogen) atoms. The lowest BCUT2D eigenvalue weighted by molar-refractivity contribution is -0.140. The first-order chi connectivity index (χ1) is 17.6. The standard InChI is InChI=1S/C27H35Cl2N3O4S/c1-3-24(27(34)30-22-12-8-5-9-13-22)31(17-16-20-10-6-4-7-11-20)26(33)19-32(37(2,35)36)25-18-21(28)14-15-23(25)29/h4,6-7,10-11,14-15,18,22,24H,3,5,8-9,12-13,16-17,19H2,1-2H3,(H,30,34)/t24-/m1/s1. The van der Waals surface area contributed by atoms with E-state index in [0.29, 0.717) is 17.9 Å². The Hall–Kier alpha value is -2.29. The number of nitrogens with zero attached hydrogens (tertiary/aromatic N) is 2. The van der Waals surface area contributed by atoms with Gasteiger partial charge in [0.05, 0.1) is 17.0 Å². The molecule has 1 saturated carbocycles.